The molecule has 6 nitrogen and oxygen atoms in total. The molecule has 0 aliphatic heterocycles. The third-order valence-corrected chi connectivity index (χ3v) is 5.16. The first-order valence-corrected chi connectivity index (χ1v) is 9.64. The second-order valence-corrected chi connectivity index (χ2v) is 7.30. The van der Waals surface area contributed by atoms with E-state index in [0.717, 1.165) is 36.1 Å². The number of amides is 1. The zero-order valence-corrected chi connectivity index (χ0v) is 17.4. The normalized spacial score (nSPS) is 19.1. The molecular formula is C22H29ClN2O4. The van der Waals surface area contributed by atoms with Crippen LogP contribution in [0.1, 0.15) is 36.4 Å². The monoisotopic (exact) mass is 420 g/mol. The van der Waals surface area contributed by atoms with E-state index in [9.17, 15) is 9.90 Å². The molecule has 2 unspecified atom stereocenters. The van der Waals surface area contributed by atoms with Gasteiger partial charge in [-0.2, -0.15) is 0 Å². The number of fused-ring (bicyclic) bond motifs is 1. The van der Waals surface area contributed by atoms with Crippen molar-refractivity contribution in [1.29, 1.82) is 0 Å². The molecule has 3 rings (SSSR count). The lowest BCUT2D eigenvalue weighted by Crippen LogP contribution is -2.22. The number of nitrogens with one attached hydrogen (secondary N) is 1. The van der Waals surface area contributed by atoms with E-state index in [-0.39, 0.29) is 25.1 Å². The molecule has 2 aromatic rings. The van der Waals surface area contributed by atoms with Crippen molar-refractivity contribution in [2.45, 2.75) is 37.8 Å². The second kappa shape index (κ2) is 11.0. The maximum absolute atomic E-state index is 11.5. The topological polar surface area (TPSA) is 93.8 Å². The van der Waals surface area contributed by atoms with Crippen LogP contribution in [0.25, 0.3) is 0 Å². The molecule has 0 fully saturated rings. The van der Waals surface area contributed by atoms with E-state index in [4.69, 9.17) is 10.5 Å². The molecule has 0 radical (unpaired) electrons. The van der Waals surface area contributed by atoms with Crippen LogP contribution in [0.2, 0.25) is 0 Å². The number of anilines is 1. The zero-order valence-electron chi connectivity index (χ0n) is 16.5. The molecule has 1 aliphatic carbocycles. The Morgan fingerprint density at radius 2 is 2.00 bits per heavy atom. The fourth-order valence-corrected chi connectivity index (χ4v) is 3.74. The fourth-order valence-electron chi connectivity index (χ4n) is 3.74. The largest absolute Gasteiger partial charge is 0.491 e. The molecule has 0 bridgehead atoms. The smallest absolute Gasteiger partial charge is 0.411 e. The summed E-state index contributed by atoms with van der Waals surface area (Å²) >= 11 is 0. The van der Waals surface area contributed by atoms with E-state index < -0.39 is 12.2 Å². The van der Waals surface area contributed by atoms with Crippen molar-refractivity contribution in [2.24, 2.45) is 11.7 Å². The number of hydrogen-bond donors (Lipinski definition) is 3. The average molecular weight is 421 g/mol. The predicted octanol–water partition coefficient (Wildman–Crippen LogP) is 4.07. The van der Waals surface area contributed by atoms with Crippen molar-refractivity contribution >= 4 is 24.2 Å². The first kappa shape index (κ1) is 23.0. The highest BCUT2D eigenvalue weighted by Crippen LogP contribution is 2.33. The molecule has 1 amide bonds. The Morgan fingerprint density at radius 3 is 2.72 bits per heavy atom. The summed E-state index contributed by atoms with van der Waals surface area (Å²) in [5.74, 6) is 1.06. The summed E-state index contributed by atoms with van der Waals surface area (Å²) in [6.07, 6.45) is 2.23. The minimum Gasteiger partial charge on any atom is -0.491 e. The SMILES string of the molecule is COC(=O)Nc1ccc2c(c1)CC(C[C@H](O)COc1ccccc1)CCC2N.Cl. The Balaban J connectivity index is 0.00000300. The van der Waals surface area contributed by atoms with Crippen molar-refractivity contribution in [3.8, 4) is 5.75 Å². The number of ether oxygens (including phenoxy) is 2. The third-order valence-electron chi connectivity index (χ3n) is 5.16. The number of benzene rings is 2. The van der Waals surface area contributed by atoms with Crippen LogP contribution >= 0.6 is 12.4 Å². The van der Waals surface area contributed by atoms with Gasteiger partial charge >= 0.3 is 6.09 Å². The van der Waals surface area contributed by atoms with Crippen LogP contribution in [-0.4, -0.2) is 31.0 Å². The number of rotatable bonds is 6. The van der Waals surface area contributed by atoms with Crippen LogP contribution in [0.15, 0.2) is 48.5 Å². The van der Waals surface area contributed by atoms with Gasteiger partial charge in [0.05, 0.1) is 13.2 Å². The lowest BCUT2D eigenvalue weighted by molar-refractivity contribution is 0.0831. The number of halogens is 1. The second-order valence-electron chi connectivity index (χ2n) is 7.30. The maximum Gasteiger partial charge on any atom is 0.411 e. The van der Waals surface area contributed by atoms with Crippen LogP contribution in [0, 0.1) is 5.92 Å². The number of carbonyl (C=O) groups excluding carboxylic acids is 1. The van der Waals surface area contributed by atoms with E-state index in [0.29, 0.717) is 18.0 Å². The van der Waals surface area contributed by atoms with E-state index in [2.05, 4.69) is 10.1 Å². The lowest BCUT2D eigenvalue weighted by Gasteiger charge is -2.19. The van der Waals surface area contributed by atoms with Gasteiger partial charge in [-0.25, -0.2) is 4.79 Å². The van der Waals surface area contributed by atoms with Crippen molar-refractivity contribution < 1.29 is 19.4 Å². The van der Waals surface area contributed by atoms with Crippen molar-refractivity contribution in [1.82, 2.24) is 0 Å². The maximum atomic E-state index is 11.5. The van der Waals surface area contributed by atoms with Crippen LogP contribution in [-0.2, 0) is 11.2 Å². The van der Waals surface area contributed by atoms with Crippen molar-refractivity contribution in [3.05, 3.63) is 59.7 Å². The van der Waals surface area contributed by atoms with Gasteiger partial charge in [-0.15, -0.1) is 12.4 Å². The van der Waals surface area contributed by atoms with Crippen molar-refractivity contribution in [2.75, 3.05) is 19.0 Å². The van der Waals surface area contributed by atoms with E-state index in [1.165, 1.54) is 7.11 Å². The summed E-state index contributed by atoms with van der Waals surface area (Å²) in [5.41, 5.74) is 9.25. The van der Waals surface area contributed by atoms with E-state index in [1.54, 1.807) is 0 Å². The number of aliphatic hydroxyl groups is 1. The standard InChI is InChI=1S/C22H28N2O4.ClH/c1-27-22(26)24-17-8-9-20-16(13-17)11-15(7-10-21(20)23)12-18(25)14-28-19-5-3-2-4-6-19;/h2-6,8-9,13,15,18,21,25H,7,10-12,14,23H2,1H3,(H,24,26);1H/t15?,18-,21?;/m0./s1. The Morgan fingerprint density at radius 1 is 1.24 bits per heavy atom. The molecular weight excluding hydrogens is 392 g/mol. The number of carbonyl (C=O) groups is 1. The lowest BCUT2D eigenvalue weighted by atomic mass is 9.91. The van der Waals surface area contributed by atoms with E-state index in [1.807, 2.05) is 48.5 Å². The van der Waals surface area contributed by atoms with Crippen molar-refractivity contribution in [3.63, 3.8) is 0 Å². The Bertz CT molecular complexity index is 788. The molecule has 2 aromatic carbocycles. The number of aliphatic hydroxyl groups excluding tert-OH is 1. The molecule has 0 spiro atoms. The molecule has 4 N–H and O–H groups in total. The summed E-state index contributed by atoms with van der Waals surface area (Å²) in [6, 6.07) is 15.2. The van der Waals surface area contributed by atoms with Gasteiger partial charge < -0.3 is 20.3 Å². The highest BCUT2D eigenvalue weighted by Gasteiger charge is 2.24. The number of nitrogens with two attached hydrogens (primary N) is 1. The quantitative estimate of drug-likeness (QED) is 0.612. The first-order chi connectivity index (χ1) is 13.5. The molecule has 7 heteroatoms. The summed E-state index contributed by atoms with van der Waals surface area (Å²) < 4.78 is 10.3. The van der Waals surface area contributed by atoms with E-state index >= 15 is 0 Å². The Kier molecular flexibility index (Phi) is 8.76. The average Bonchev–Trinajstić information content (AvgIpc) is 2.85. The Labute approximate surface area is 177 Å². The van der Waals surface area contributed by atoms with Gasteiger partial charge in [0.25, 0.3) is 0 Å². The number of hydrogen-bond acceptors (Lipinski definition) is 5. The van der Waals surface area contributed by atoms with Gasteiger partial charge in [0.1, 0.15) is 12.4 Å². The highest BCUT2D eigenvalue weighted by atomic mass is 35.5. The Hall–Kier alpha value is -2.28. The molecule has 29 heavy (non-hydrogen) atoms. The molecule has 3 atom stereocenters. The molecule has 158 valence electrons. The molecule has 0 saturated carbocycles. The van der Waals surface area contributed by atoms with Gasteiger partial charge in [-0.3, -0.25) is 5.32 Å². The minimum absolute atomic E-state index is 0. The molecule has 1 aliphatic rings. The van der Waals surface area contributed by atoms with Crippen LogP contribution < -0.4 is 15.8 Å². The summed E-state index contributed by atoms with van der Waals surface area (Å²) in [7, 11) is 1.34. The van der Waals surface area contributed by atoms with Gasteiger partial charge in [0.2, 0.25) is 0 Å². The predicted molar refractivity (Wildman–Crippen MR) is 116 cm³/mol. The summed E-state index contributed by atoms with van der Waals surface area (Å²) in [6.45, 7) is 0.267. The first-order valence-electron chi connectivity index (χ1n) is 9.64. The zero-order chi connectivity index (χ0) is 19.9. The fraction of sp³-hybridized carbons (Fsp3) is 0.409. The van der Waals surface area contributed by atoms with Gasteiger partial charge in [0, 0.05) is 11.7 Å². The minimum atomic E-state index is -0.542. The summed E-state index contributed by atoms with van der Waals surface area (Å²) in [5, 5.41) is 13.1. The number of para-hydroxylation sites is 1. The van der Waals surface area contributed by atoms with Gasteiger partial charge in [-0.05, 0) is 67.0 Å². The molecule has 0 heterocycles. The molecule has 0 aromatic heterocycles. The number of methoxy groups -OCH3 is 1. The molecule has 0 saturated heterocycles. The third kappa shape index (κ3) is 6.63. The van der Waals surface area contributed by atoms with Gasteiger partial charge in [-0.1, -0.05) is 24.3 Å². The summed E-state index contributed by atoms with van der Waals surface area (Å²) in [4.78, 5) is 11.5. The van der Waals surface area contributed by atoms with Gasteiger partial charge in [0.15, 0.2) is 0 Å². The highest BCUT2D eigenvalue weighted by molar-refractivity contribution is 5.85. The van der Waals surface area contributed by atoms with Crippen LogP contribution in [0.4, 0.5) is 10.5 Å². The van der Waals surface area contributed by atoms with Crippen LogP contribution in [0.5, 0.6) is 5.75 Å². The van der Waals surface area contributed by atoms with Crippen LogP contribution in [0.3, 0.4) is 0 Å².